The Hall–Kier alpha value is -3.12. The van der Waals surface area contributed by atoms with Crippen molar-refractivity contribution < 1.29 is 26.7 Å². The van der Waals surface area contributed by atoms with Crippen molar-refractivity contribution in [3.05, 3.63) is 35.7 Å². The predicted octanol–water partition coefficient (Wildman–Crippen LogP) is 5.02. The van der Waals surface area contributed by atoms with Crippen molar-refractivity contribution >= 4 is 44.1 Å². The highest BCUT2D eigenvalue weighted by Gasteiger charge is 2.33. The highest BCUT2D eigenvalue weighted by atomic mass is 32.2. The average Bonchev–Trinajstić information content (AvgIpc) is 3.45. The number of H-pyrrole nitrogens is 1. The maximum Gasteiger partial charge on any atom is 0.295 e. The fraction of sp³-hybridized carbons (Fsp3) is 0.458. The van der Waals surface area contributed by atoms with Crippen LogP contribution >= 0.6 is 0 Å². The Kier molecular flexibility index (Phi) is 5.98. The van der Waals surface area contributed by atoms with Crippen LogP contribution < -0.4 is 10.6 Å². The molecule has 3 aromatic rings. The average molecular weight is 520 g/mol. The first-order valence-corrected chi connectivity index (χ1v) is 13.6. The summed E-state index contributed by atoms with van der Waals surface area (Å²) in [5, 5.41) is 5.73. The number of aromatic nitrogens is 3. The van der Waals surface area contributed by atoms with E-state index in [0.717, 1.165) is 37.5 Å². The molecule has 3 heterocycles. The van der Waals surface area contributed by atoms with Crippen LogP contribution in [0.2, 0.25) is 0 Å². The number of anilines is 3. The summed E-state index contributed by atoms with van der Waals surface area (Å²) in [6.07, 6.45) is 1.19. The fourth-order valence-electron chi connectivity index (χ4n) is 4.36. The molecule has 0 radical (unpaired) electrons. The number of nitrogens with zero attached hydrogens (tertiary/aromatic N) is 2. The second-order valence-corrected chi connectivity index (χ2v) is 12.0. The lowest BCUT2D eigenvalue weighted by Crippen LogP contribution is -2.17. The quantitative estimate of drug-likeness (QED) is 0.400. The van der Waals surface area contributed by atoms with Gasteiger partial charge in [-0.3, -0.25) is 4.79 Å². The first-order chi connectivity index (χ1) is 16.9. The third-order valence-corrected chi connectivity index (χ3v) is 7.53. The number of alkyl halides is 2. The van der Waals surface area contributed by atoms with Gasteiger partial charge < -0.3 is 20.4 Å². The maximum atomic E-state index is 13.4. The molecule has 1 atom stereocenters. The molecule has 36 heavy (non-hydrogen) atoms. The first-order valence-electron chi connectivity index (χ1n) is 11.7. The van der Waals surface area contributed by atoms with Crippen LogP contribution in [0.5, 0.6) is 0 Å². The van der Waals surface area contributed by atoms with E-state index in [9.17, 15) is 22.0 Å². The molecular weight excluding hydrogens is 492 g/mol. The Labute approximate surface area is 207 Å². The molecule has 1 saturated heterocycles. The molecule has 1 amide bonds. The van der Waals surface area contributed by atoms with E-state index in [0.29, 0.717) is 0 Å². The van der Waals surface area contributed by atoms with Gasteiger partial charge in [-0.15, -0.1) is 0 Å². The number of amides is 1. The van der Waals surface area contributed by atoms with Crippen molar-refractivity contribution in [2.45, 2.75) is 62.6 Å². The van der Waals surface area contributed by atoms with Crippen LogP contribution in [-0.2, 0) is 19.4 Å². The number of hydrogen-bond donors (Lipinski definition) is 3. The number of aromatic amines is 1. The molecule has 0 bridgehead atoms. The summed E-state index contributed by atoms with van der Waals surface area (Å²) in [4.78, 5) is 23.0. The number of hydrogen-bond acceptors (Lipinski definition) is 7. The molecule has 2 fully saturated rings. The van der Waals surface area contributed by atoms with E-state index in [-0.39, 0.29) is 56.8 Å². The Morgan fingerprint density at radius 2 is 1.92 bits per heavy atom. The van der Waals surface area contributed by atoms with Gasteiger partial charge in [-0.2, -0.15) is 0 Å². The summed E-state index contributed by atoms with van der Waals surface area (Å²) in [5.74, 6) is -0.733. The minimum absolute atomic E-state index is 0.0338. The molecule has 2 aromatic heterocycles. The van der Waals surface area contributed by atoms with Crippen molar-refractivity contribution in [2.24, 2.45) is 5.92 Å². The molecule has 1 saturated carbocycles. The van der Waals surface area contributed by atoms with Crippen molar-refractivity contribution in [3.63, 3.8) is 0 Å². The van der Waals surface area contributed by atoms with Crippen LogP contribution in [0.3, 0.4) is 0 Å². The molecule has 1 unspecified atom stereocenters. The summed E-state index contributed by atoms with van der Waals surface area (Å²) in [5.41, 5.74) is 1.06. The second kappa shape index (κ2) is 8.77. The lowest BCUT2D eigenvalue weighted by molar-refractivity contribution is -0.117. The summed E-state index contributed by atoms with van der Waals surface area (Å²) >= 11 is 0. The monoisotopic (exact) mass is 519 g/mol. The predicted molar refractivity (Wildman–Crippen MR) is 130 cm³/mol. The van der Waals surface area contributed by atoms with Crippen LogP contribution in [0.1, 0.15) is 63.4 Å². The highest BCUT2D eigenvalue weighted by Crippen LogP contribution is 2.41. The number of carbonyl (C=O) groups is 1. The minimum Gasteiger partial charge on any atom is -0.368 e. The number of imidazole rings is 1. The van der Waals surface area contributed by atoms with Gasteiger partial charge >= 0.3 is 0 Å². The summed E-state index contributed by atoms with van der Waals surface area (Å²) in [6.45, 7) is 3.98. The van der Waals surface area contributed by atoms with Crippen molar-refractivity contribution in [3.8, 4) is 0 Å². The normalized spacial score (nSPS) is 19.7. The van der Waals surface area contributed by atoms with E-state index in [4.69, 9.17) is 4.74 Å². The van der Waals surface area contributed by atoms with Gasteiger partial charge in [-0.1, -0.05) is 6.07 Å². The Morgan fingerprint density at radius 1 is 1.17 bits per heavy atom. The number of fused-ring (bicyclic) bond motifs is 1. The van der Waals surface area contributed by atoms with Crippen LogP contribution in [0.25, 0.3) is 11.2 Å². The third-order valence-electron chi connectivity index (χ3n) is 6.39. The van der Waals surface area contributed by atoms with Gasteiger partial charge in [0.25, 0.3) is 6.43 Å². The van der Waals surface area contributed by atoms with Gasteiger partial charge in [0.05, 0.1) is 28.0 Å². The van der Waals surface area contributed by atoms with Crippen LogP contribution in [0, 0.1) is 5.92 Å². The van der Waals surface area contributed by atoms with E-state index in [1.54, 1.807) is 18.2 Å². The van der Waals surface area contributed by atoms with Gasteiger partial charge in [-0.05, 0) is 57.2 Å². The number of ether oxygens (including phenoxy) is 1. The molecular formula is C24H27F2N5O4S. The zero-order valence-corrected chi connectivity index (χ0v) is 20.9. The molecule has 5 rings (SSSR count). The molecule has 0 spiro atoms. The lowest BCUT2D eigenvalue weighted by Gasteiger charge is -2.20. The van der Waals surface area contributed by atoms with E-state index >= 15 is 0 Å². The van der Waals surface area contributed by atoms with Gasteiger partial charge in [0.2, 0.25) is 5.91 Å². The SMILES string of the molecule is CC1(C)CCC(c2ccc(Nc3cc(NC(=O)C4CC4)nc4[nH]c(C(F)F)nc34)c(S(C)(=O)=O)c2)O1. The van der Waals surface area contributed by atoms with E-state index in [1.807, 2.05) is 13.8 Å². The third kappa shape index (κ3) is 5.05. The summed E-state index contributed by atoms with van der Waals surface area (Å²) < 4.78 is 58.2. The molecule has 3 N–H and O–H groups in total. The Morgan fingerprint density at radius 3 is 2.53 bits per heavy atom. The standard InChI is InChI=1S/C24H27F2N5O4S/c1-24(2)9-8-16(35-24)13-6-7-14(17(10-13)36(3,33)34)27-15-11-18(29-23(32)12-4-5-12)28-21-19(15)30-22(31-21)20(25)26/h6-7,10-12,16,20H,4-5,8-9H2,1-3H3,(H3,27,28,29,30,31,32). The maximum absolute atomic E-state index is 13.4. The highest BCUT2D eigenvalue weighted by molar-refractivity contribution is 7.90. The van der Waals surface area contributed by atoms with E-state index in [1.165, 1.54) is 6.07 Å². The second-order valence-electron chi connectivity index (χ2n) is 10.00. The summed E-state index contributed by atoms with van der Waals surface area (Å²) in [6, 6.07) is 6.44. The zero-order valence-electron chi connectivity index (χ0n) is 20.1. The van der Waals surface area contributed by atoms with Crippen molar-refractivity contribution in [1.29, 1.82) is 0 Å². The number of halogens is 2. The number of rotatable bonds is 7. The van der Waals surface area contributed by atoms with Crippen molar-refractivity contribution in [2.75, 3.05) is 16.9 Å². The molecule has 192 valence electrons. The number of sulfone groups is 1. The van der Waals surface area contributed by atoms with Gasteiger partial charge in [0, 0.05) is 18.2 Å². The summed E-state index contributed by atoms with van der Waals surface area (Å²) in [7, 11) is -3.68. The molecule has 9 nitrogen and oxygen atoms in total. The topological polar surface area (TPSA) is 126 Å². The number of carbonyl (C=O) groups excluding carboxylic acids is 1. The minimum atomic E-state index is -3.68. The number of benzene rings is 1. The number of nitrogens with one attached hydrogen (secondary N) is 3. The molecule has 1 aliphatic heterocycles. The Balaban J connectivity index is 1.55. The van der Waals surface area contributed by atoms with Crippen molar-refractivity contribution in [1.82, 2.24) is 15.0 Å². The van der Waals surface area contributed by atoms with Gasteiger partial charge in [0.1, 0.15) is 11.3 Å². The van der Waals surface area contributed by atoms with Gasteiger partial charge in [0.15, 0.2) is 21.3 Å². The first kappa shape index (κ1) is 24.6. The van der Waals surface area contributed by atoms with E-state index in [2.05, 4.69) is 25.6 Å². The molecule has 2 aliphatic rings. The number of pyridine rings is 1. The smallest absolute Gasteiger partial charge is 0.295 e. The zero-order chi connectivity index (χ0) is 25.8. The molecule has 1 aliphatic carbocycles. The van der Waals surface area contributed by atoms with E-state index < -0.39 is 22.1 Å². The molecule has 12 heteroatoms. The fourth-order valence-corrected chi connectivity index (χ4v) is 5.22. The Bertz CT molecular complexity index is 1450. The van der Waals surface area contributed by atoms with Gasteiger partial charge in [-0.25, -0.2) is 27.2 Å². The lowest BCUT2D eigenvalue weighted by atomic mass is 10.0. The van der Waals surface area contributed by atoms with Crippen LogP contribution in [0.15, 0.2) is 29.2 Å². The largest absolute Gasteiger partial charge is 0.368 e. The molecule has 1 aromatic carbocycles. The van der Waals surface area contributed by atoms with Crippen LogP contribution in [-0.4, -0.2) is 41.1 Å². The van der Waals surface area contributed by atoms with Crippen LogP contribution in [0.4, 0.5) is 26.0 Å².